The fourth-order valence-corrected chi connectivity index (χ4v) is 6.24. The molecule has 0 aliphatic heterocycles. The number of esters is 2. The van der Waals surface area contributed by atoms with Crippen molar-refractivity contribution in [1.82, 2.24) is 0 Å². The van der Waals surface area contributed by atoms with Gasteiger partial charge in [-0.3, -0.25) is 9.59 Å². The molecule has 336 valence electrons. The van der Waals surface area contributed by atoms with Crippen LogP contribution in [-0.4, -0.2) is 80.6 Å². The first-order valence-electron chi connectivity index (χ1n) is 23.2. The van der Waals surface area contributed by atoms with Crippen molar-refractivity contribution in [2.24, 2.45) is 0 Å². The number of nitrogens with zero attached hydrogens (tertiary/aromatic N) is 1. The summed E-state index contributed by atoms with van der Waals surface area (Å²) in [5.41, 5.74) is 0. The van der Waals surface area contributed by atoms with Gasteiger partial charge in [0.2, 0.25) is 0 Å². The number of unbranched alkanes of at least 4 members (excludes halogenated alkanes) is 15. The van der Waals surface area contributed by atoms with Gasteiger partial charge in [0.25, 0.3) is 0 Å². The highest BCUT2D eigenvalue weighted by molar-refractivity contribution is 5.72. The number of aliphatic carboxylic acids is 1. The zero-order chi connectivity index (χ0) is 43.5. The van der Waals surface area contributed by atoms with Crippen molar-refractivity contribution in [3.8, 4) is 0 Å². The summed E-state index contributed by atoms with van der Waals surface area (Å²) in [5.74, 6) is -1.57. The number of likely N-dealkylation sites (N-methyl/N-ethyl adjacent to an activating group) is 1. The first-order valence-corrected chi connectivity index (χ1v) is 23.2. The smallest absolute Gasteiger partial charge is 0.362 e. The summed E-state index contributed by atoms with van der Waals surface area (Å²) in [6.45, 7) is 4.60. The molecule has 0 spiro atoms. The Kier molecular flexibility index (Phi) is 38.8. The van der Waals surface area contributed by atoms with E-state index in [1.165, 1.54) is 64.2 Å². The number of carbonyl (C=O) groups is 3. The highest BCUT2D eigenvalue weighted by Crippen LogP contribution is 2.12. The second kappa shape index (κ2) is 41.3. The van der Waals surface area contributed by atoms with Gasteiger partial charge in [-0.1, -0.05) is 163 Å². The lowest BCUT2D eigenvalue weighted by atomic mass is 10.1. The van der Waals surface area contributed by atoms with Gasteiger partial charge in [0, 0.05) is 19.3 Å². The van der Waals surface area contributed by atoms with Crippen LogP contribution >= 0.6 is 0 Å². The van der Waals surface area contributed by atoms with Crippen molar-refractivity contribution in [3.05, 3.63) is 85.1 Å². The fraction of sp³-hybridized carbons (Fsp3) is 0.667. The molecule has 0 saturated heterocycles. The largest absolute Gasteiger partial charge is 0.477 e. The molecule has 0 radical (unpaired) electrons. The molecule has 8 heteroatoms. The van der Waals surface area contributed by atoms with Crippen LogP contribution in [0.3, 0.4) is 0 Å². The predicted octanol–water partition coefficient (Wildman–Crippen LogP) is 12.9. The summed E-state index contributed by atoms with van der Waals surface area (Å²) in [6.07, 6.45) is 53.4. The monoisotopic (exact) mass is 825 g/mol. The quantitative estimate of drug-likeness (QED) is 0.0216. The standard InChI is InChI=1S/C51H85NO7/c1-6-8-10-12-14-16-18-20-22-24-26-27-29-31-33-35-37-39-41-49(53)58-46-47(45-57-44-43-48(51(55)56)52(3,4)5)59-50(54)42-40-38-36-34-32-30-28-25-23-21-19-17-15-13-11-9-7-2/h14,16,18,20-24,26-28,30,34,36,47-48H,6-13,15,17,19,25,29,31-33,35,37-46H2,1-5H3/p+1/b16-14+,20-18+,23-21+,24-22+,27-26+,30-28+,36-34+. The summed E-state index contributed by atoms with van der Waals surface area (Å²) in [4.78, 5) is 37.0. The van der Waals surface area contributed by atoms with Crippen molar-refractivity contribution in [1.29, 1.82) is 0 Å². The Balaban J connectivity index is 4.48. The second-order valence-corrected chi connectivity index (χ2v) is 16.4. The van der Waals surface area contributed by atoms with E-state index >= 15 is 0 Å². The maximum Gasteiger partial charge on any atom is 0.362 e. The van der Waals surface area contributed by atoms with Crippen LogP contribution in [0.4, 0.5) is 0 Å². The number of quaternary nitrogens is 1. The summed E-state index contributed by atoms with van der Waals surface area (Å²) in [6, 6.07) is -0.632. The fourth-order valence-electron chi connectivity index (χ4n) is 6.24. The summed E-state index contributed by atoms with van der Waals surface area (Å²) in [5, 5.41) is 9.63. The van der Waals surface area contributed by atoms with E-state index in [0.29, 0.717) is 19.3 Å². The molecule has 0 bridgehead atoms. The average molecular weight is 825 g/mol. The molecule has 0 saturated carbocycles. The van der Waals surface area contributed by atoms with Crippen molar-refractivity contribution in [3.63, 3.8) is 0 Å². The molecule has 1 N–H and O–H groups in total. The molecule has 2 unspecified atom stereocenters. The van der Waals surface area contributed by atoms with Crippen LogP contribution in [0.1, 0.15) is 168 Å². The molecule has 0 aliphatic rings. The van der Waals surface area contributed by atoms with Crippen LogP contribution in [0, 0.1) is 0 Å². The maximum absolute atomic E-state index is 12.7. The van der Waals surface area contributed by atoms with Crippen molar-refractivity contribution < 1.29 is 38.2 Å². The topological polar surface area (TPSA) is 99.1 Å². The Hall–Kier alpha value is -3.49. The lowest BCUT2D eigenvalue weighted by molar-refractivity contribution is -0.887. The van der Waals surface area contributed by atoms with E-state index in [9.17, 15) is 19.5 Å². The Labute approximate surface area is 361 Å². The number of hydrogen-bond donors (Lipinski definition) is 1. The third-order valence-electron chi connectivity index (χ3n) is 9.86. The number of allylic oxidation sites excluding steroid dienone is 14. The van der Waals surface area contributed by atoms with Crippen molar-refractivity contribution in [2.75, 3.05) is 41.0 Å². The molecule has 8 nitrogen and oxygen atoms in total. The zero-order valence-electron chi connectivity index (χ0n) is 38.2. The van der Waals surface area contributed by atoms with Crippen molar-refractivity contribution >= 4 is 17.9 Å². The minimum absolute atomic E-state index is 0.0282. The predicted molar refractivity (Wildman–Crippen MR) is 247 cm³/mol. The molecule has 0 rings (SSSR count). The van der Waals surface area contributed by atoms with Gasteiger partial charge < -0.3 is 23.8 Å². The van der Waals surface area contributed by atoms with Crippen LogP contribution in [0.25, 0.3) is 0 Å². The molecule has 0 aromatic heterocycles. The van der Waals surface area contributed by atoms with E-state index < -0.39 is 18.1 Å². The van der Waals surface area contributed by atoms with E-state index in [4.69, 9.17) is 14.2 Å². The SMILES string of the molecule is CCCCC/C=C/C=C/C=C/C=C/CCCCCCCC(=O)OCC(COCCC(C(=O)O)[N+](C)(C)C)OC(=O)CCC/C=C/C/C=C/C/C=C/CCCCCCCC. The number of carbonyl (C=O) groups excluding carboxylic acids is 2. The molecule has 0 aliphatic carbocycles. The van der Waals surface area contributed by atoms with E-state index in [-0.39, 0.29) is 42.7 Å². The molecule has 0 heterocycles. The van der Waals surface area contributed by atoms with Gasteiger partial charge in [-0.2, -0.15) is 0 Å². The zero-order valence-corrected chi connectivity index (χ0v) is 38.2. The van der Waals surface area contributed by atoms with E-state index in [1.54, 1.807) is 0 Å². The molecule has 2 atom stereocenters. The van der Waals surface area contributed by atoms with Gasteiger partial charge in [0.1, 0.15) is 6.61 Å². The normalized spacial score (nSPS) is 13.7. The molecular weight excluding hydrogens is 739 g/mol. The van der Waals surface area contributed by atoms with Crippen molar-refractivity contribution in [2.45, 2.75) is 180 Å². The van der Waals surface area contributed by atoms with Crippen LogP contribution in [0.15, 0.2) is 85.1 Å². The van der Waals surface area contributed by atoms with Gasteiger partial charge in [-0.15, -0.1) is 0 Å². The molecule has 59 heavy (non-hydrogen) atoms. The lowest BCUT2D eigenvalue weighted by Gasteiger charge is -2.31. The van der Waals surface area contributed by atoms with Crippen LogP contribution < -0.4 is 0 Å². The summed E-state index contributed by atoms with van der Waals surface area (Å²) < 4.78 is 17.2. The van der Waals surface area contributed by atoms with Crippen LogP contribution in [-0.2, 0) is 28.6 Å². The van der Waals surface area contributed by atoms with Gasteiger partial charge in [-0.25, -0.2) is 4.79 Å². The van der Waals surface area contributed by atoms with Crippen LogP contribution in [0.5, 0.6) is 0 Å². The van der Waals surface area contributed by atoms with Gasteiger partial charge in [-0.05, 0) is 70.6 Å². The second-order valence-electron chi connectivity index (χ2n) is 16.4. The first kappa shape index (κ1) is 55.5. The van der Waals surface area contributed by atoms with Gasteiger partial charge >= 0.3 is 17.9 Å². The Morgan fingerprint density at radius 1 is 0.525 bits per heavy atom. The molecule has 0 fully saturated rings. The Morgan fingerprint density at radius 3 is 1.56 bits per heavy atom. The lowest BCUT2D eigenvalue weighted by Crippen LogP contribution is -2.50. The number of hydrogen-bond acceptors (Lipinski definition) is 6. The number of rotatable bonds is 40. The summed E-state index contributed by atoms with van der Waals surface area (Å²) in [7, 11) is 5.49. The molecular formula is C51H86NO7+. The molecule has 0 aromatic rings. The Bertz CT molecular complexity index is 1240. The van der Waals surface area contributed by atoms with E-state index in [0.717, 1.165) is 64.2 Å². The van der Waals surface area contributed by atoms with Gasteiger partial charge in [0.15, 0.2) is 12.1 Å². The number of ether oxygens (including phenoxy) is 3. The Morgan fingerprint density at radius 2 is 0.983 bits per heavy atom. The maximum atomic E-state index is 12.7. The average Bonchev–Trinajstić information content (AvgIpc) is 3.19. The third-order valence-corrected chi connectivity index (χ3v) is 9.86. The minimum Gasteiger partial charge on any atom is -0.477 e. The molecule has 0 aromatic carbocycles. The van der Waals surface area contributed by atoms with Gasteiger partial charge in [0.05, 0.1) is 34.4 Å². The molecule has 0 amide bonds. The van der Waals surface area contributed by atoms with E-state index in [2.05, 4.69) is 92.8 Å². The first-order chi connectivity index (χ1) is 28.6. The van der Waals surface area contributed by atoms with Crippen LogP contribution in [0.2, 0.25) is 0 Å². The number of carboxylic acid groups (broad SMARTS) is 1. The minimum atomic E-state index is -0.890. The highest BCUT2D eigenvalue weighted by atomic mass is 16.6. The third kappa shape index (κ3) is 39.7. The number of carboxylic acids is 1. The highest BCUT2D eigenvalue weighted by Gasteiger charge is 2.31. The summed E-state index contributed by atoms with van der Waals surface area (Å²) >= 11 is 0. The van der Waals surface area contributed by atoms with E-state index in [1.807, 2.05) is 27.2 Å².